The number of nitrogens with two attached hydrogens (primary N) is 1. The highest BCUT2D eigenvalue weighted by atomic mass is 16.5. The molecule has 0 spiro atoms. The first-order valence-electron chi connectivity index (χ1n) is 8.24. The summed E-state index contributed by atoms with van der Waals surface area (Å²) < 4.78 is 10.9. The van der Waals surface area contributed by atoms with E-state index in [4.69, 9.17) is 15.2 Å². The maximum Gasteiger partial charge on any atom is 0.319 e. The second kappa shape index (κ2) is 9.12. The van der Waals surface area contributed by atoms with Crippen molar-refractivity contribution >= 4 is 17.6 Å². The van der Waals surface area contributed by atoms with E-state index in [0.717, 1.165) is 19.3 Å². The summed E-state index contributed by atoms with van der Waals surface area (Å²) in [6, 6.07) is 4.26. The van der Waals surface area contributed by atoms with E-state index < -0.39 is 5.91 Å². The number of anilines is 1. The lowest BCUT2D eigenvalue weighted by atomic mass is 10.2. The minimum absolute atomic E-state index is 0.302. The molecule has 0 aliphatic heterocycles. The number of benzene rings is 1. The van der Waals surface area contributed by atoms with Gasteiger partial charge in [0.1, 0.15) is 5.75 Å². The summed E-state index contributed by atoms with van der Waals surface area (Å²) in [4.78, 5) is 23.2. The van der Waals surface area contributed by atoms with Crippen molar-refractivity contribution in [3.63, 3.8) is 0 Å². The lowest BCUT2D eigenvalue weighted by Crippen LogP contribution is -2.30. The second-order valence-corrected chi connectivity index (χ2v) is 5.79. The van der Waals surface area contributed by atoms with E-state index in [1.165, 1.54) is 26.0 Å². The number of carbonyl (C=O) groups excluding carboxylic acids is 2. The van der Waals surface area contributed by atoms with Crippen LogP contribution >= 0.6 is 0 Å². The van der Waals surface area contributed by atoms with Gasteiger partial charge < -0.3 is 25.8 Å². The van der Waals surface area contributed by atoms with E-state index in [0.29, 0.717) is 36.3 Å². The normalized spacial score (nSPS) is 14.4. The Labute approximate surface area is 141 Å². The van der Waals surface area contributed by atoms with Gasteiger partial charge in [-0.2, -0.15) is 0 Å². The number of hydrogen-bond donors (Lipinski definition) is 3. The molecule has 1 aliphatic carbocycles. The fourth-order valence-corrected chi connectivity index (χ4v) is 2.70. The predicted octanol–water partition coefficient (Wildman–Crippen LogP) is 2.26. The van der Waals surface area contributed by atoms with Gasteiger partial charge in [0.25, 0.3) is 0 Å². The van der Waals surface area contributed by atoms with Gasteiger partial charge in [0, 0.05) is 18.7 Å². The first-order valence-corrected chi connectivity index (χ1v) is 8.24. The molecule has 132 valence electrons. The van der Waals surface area contributed by atoms with Crippen molar-refractivity contribution in [1.82, 2.24) is 5.32 Å². The summed E-state index contributed by atoms with van der Waals surface area (Å²) in [6.07, 6.45) is 5.92. The van der Waals surface area contributed by atoms with Crippen LogP contribution in [0.4, 0.5) is 10.5 Å². The molecule has 1 aliphatic rings. The van der Waals surface area contributed by atoms with Crippen LogP contribution in [0.15, 0.2) is 18.2 Å². The Balaban J connectivity index is 1.74. The predicted molar refractivity (Wildman–Crippen MR) is 91.4 cm³/mol. The Morgan fingerprint density at radius 2 is 2.04 bits per heavy atom. The van der Waals surface area contributed by atoms with Gasteiger partial charge >= 0.3 is 6.03 Å². The quantitative estimate of drug-likeness (QED) is 0.634. The molecule has 1 fully saturated rings. The molecule has 2 rings (SSSR count). The van der Waals surface area contributed by atoms with Gasteiger partial charge in [0.05, 0.1) is 18.9 Å². The Morgan fingerprint density at radius 3 is 2.71 bits per heavy atom. The maximum absolute atomic E-state index is 11.9. The third kappa shape index (κ3) is 5.42. The van der Waals surface area contributed by atoms with Crippen molar-refractivity contribution < 1.29 is 19.1 Å². The second-order valence-electron chi connectivity index (χ2n) is 5.79. The highest BCUT2D eigenvalue weighted by molar-refractivity contribution is 5.97. The van der Waals surface area contributed by atoms with Crippen LogP contribution in [0, 0.1) is 0 Å². The number of hydrogen-bond acceptors (Lipinski definition) is 4. The van der Waals surface area contributed by atoms with Gasteiger partial charge in [-0.05, 0) is 37.5 Å². The summed E-state index contributed by atoms with van der Waals surface area (Å²) in [7, 11) is 1.49. The fraction of sp³-hybridized carbons (Fsp3) is 0.529. The molecule has 1 aromatic carbocycles. The summed E-state index contributed by atoms with van der Waals surface area (Å²) >= 11 is 0. The Kier molecular flexibility index (Phi) is 6.87. The summed E-state index contributed by atoms with van der Waals surface area (Å²) in [5.74, 6) is -0.107. The van der Waals surface area contributed by atoms with Crippen LogP contribution in [0.25, 0.3) is 0 Å². The van der Waals surface area contributed by atoms with E-state index in [-0.39, 0.29) is 6.03 Å². The number of amides is 3. The topological polar surface area (TPSA) is 103 Å². The molecule has 7 heteroatoms. The molecule has 0 unspecified atom stereocenters. The van der Waals surface area contributed by atoms with E-state index in [9.17, 15) is 9.59 Å². The molecule has 0 radical (unpaired) electrons. The Hall–Kier alpha value is -2.28. The zero-order valence-corrected chi connectivity index (χ0v) is 14.0. The first kappa shape index (κ1) is 18.1. The number of nitrogens with one attached hydrogen (secondary N) is 2. The van der Waals surface area contributed by atoms with E-state index >= 15 is 0 Å². The number of rotatable bonds is 8. The molecular weight excluding hydrogens is 310 g/mol. The van der Waals surface area contributed by atoms with Gasteiger partial charge in [-0.1, -0.05) is 12.8 Å². The SMILES string of the molecule is COc1ccc(C(N)=O)cc1NC(=O)NCCCOC1CCCC1. The summed E-state index contributed by atoms with van der Waals surface area (Å²) in [5, 5.41) is 5.42. The van der Waals surface area contributed by atoms with Crippen molar-refractivity contribution in [1.29, 1.82) is 0 Å². The smallest absolute Gasteiger partial charge is 0.319 e. The molecule has 0 aromatic heterocycles. The zero-order valence-electron chi connectivity index (χ0n) is 14.0. The largest absolute Gasteiger partial charge is 0.495 e. The average molecular weight is 335 g/mol. The maximum atomic E-state index is 11.9. The van der Waals surface area contributed by atoms with Gasteiger partial charge in [-0.3, -0.25) is 4.79 Å². The van der Waals surface area contributed by atoms with Crippen LogP contribution in [-0.2, 0) is 4.74 Å². The third-order valence-electron chi connectivity index (χ3n) is 3.99. The molecule has 0 atom stereocenters. The van der Waals surface area contributed by atoms with E-state index in [1.807, 2.05) is 0 Å². The van der Waals surface area contributed by atoms with Crippen LogP contribution < -0.4 is 21.1 Å². The fourth-order valence-electron chi connectivity index (χ4n) is 2.70. The molecule has 3 amide bonds. The zero-order chi connectivity index (χ0) is 17.4. The van der Waals surface area contributed by atoms with Crippen molar-refractivity contribution in [2.45, 2.75) is 38.2 Å². The Bertz CT molecular complexity index is 571. The molecule has 7 nitrogen and oxygen atoms in total. The summed E-state index contributed by atoms with van der Waals surface area (Å²) in [6.45, 7) is 1.15. The standard InChI is InChI=1S/C17H25N3O4/c1-23-15-8-7-12(16(18)21)11-14(15)20-17(22)19-9-4-10-24-13-5-2-3-6-13/h7-8,11,13H,2-6,9-10H2,1H3,(H2,18,21)(H2,19,20,22). The molecule has 1 aromatic rings. The van der Waals surface area contributed by atoms with Crippen molar-refractivity contribution in [3.8, 4) is 5.75 Å². The molecule has 0 saturated heterocycles. The number of primary amides is 1. The lowest BCUT2D eigenvalue weighted by molar-refractivity contribution is 0.0572. The molecule has 24 heavy (non-hydrogen) atoms. The lowest BCUT2D eigenvalue weighted by Gasteiger charge is -2.13. The summed E-state index contributed by atoms with van der Waals surface area (Å²) in [5.41, 5.74) is 5.95. The van der Waals surface area contributed by atoms with Gasteiger partial charge in [0.2, 0.25) is 5.91 Å². The van der Waals surface area contributed by atoms with E-state index in [1.54, 1.807) is 12.1 Å². The van der Waals surface area contributed by atoms with Crippen LogP contribution in [0.2, 0.25) is 0 Å². The van der Waals surface area contributed by atoms with Crippen LogP contribution in [0.3, 0.4) is 0 Å². The Morgan fingerprint density at radius 1 is 1.29 bits per heavy atom. The van der Waals surface area contributed by atoms with Crippen molar-refractivity contribution in [2.24, 2.45) is 5.73 Å². The third-order valence-corrected chi connectivity index (χ3v) is 3.99. The highest BCUT2D eigenvalue weighted by Gasteiger charge is 2.15. The van der Waals surface area contributed by atoms with Crippen LogP contribution in [0.5, 0.6) is 5.75 Å². The monoisotopic (exact) mass is 335 g/mol. The molecular formula is C17H25N3O4. The van der Waals surface area contributed by atoms with Gasteiger partial charge in [-0.25, -0.2) is 4.79 Å². The minimum atomic E-state index is -0.565. The highest BCUT2D eigenvalue weighted by Crippen LogP contribution is 2.25. The molecule has 4 N–H and O–H groups in total. The van der Waals surface area contributed by atoms with Gasteiger partial charge in [0.15, 0.2) is 0 Å². The van der Waals surface area contributed by atoms with Crippen LogP contribution in [-0.4, -0.2) is 38.3 Å². The van der Waals surface area contributed by atoms with E-state index in [2.05, 4.69) is 10.6 Å². The average Bonchev–Trinajstić information content (AvgIpc) is 3.07. The molecule has 1 saturated carbocycles. The number of carbonyl (C=O) groups is 2. The molecule has 0 bridgehead atoms. The number of urea groups is 1. The van der Waals surface area contributed by atoms with Crippen molar-refractivity contribution in [2.75, 3.05) is 25.6 Å². The first-order chi connectivity index (χ1) is 11.6. The minimum Gasteiger partial charge on any atom is -0.495 e. The van der Waals surface area contributed by atoms with Gasteiger partial charge in [-0.15, -0.1) is 0 Å². The molecule has 0 heterocycles. The van der Waals surface area contributed by atoms with Crippen molar-refractivity contribution in [3.05, 3.63) is 23.8 Å². The van der Waals surface area contributed by atoms with Crippen LogP contribution in [0.1, 0.15) is 42.5 Å². The number of methoxy groups -OCH3 is 1. The number of ether oxygens (including phenoxy) is 2.